The molecule has 0 aromatic carbocycles. The fourth-order valence-corrected chi connectivity index (χ4v) is 0.0711. The zero-order chi connectivity index (χ0) is 6.78. The van der Waals surface area contributed by atoms with E-state index in [9.17, 15) is 4.79 Å². The van der Waals surface area contributed by atoms with Crippen molar-refractivity contribution in [2.24, 2.45) is 11.1 Å². The van der Waals surface area contributed by atoms with Crippen molar-refractivity contribution < 1.29 is 4.79 Å². The molecule has 0 atom stereocenters. The maximum atomic E-state index is 10.3. The molecule has 0 heterocycles. The second-order valence-electron chi connectivity index (χ2n) is 2.13. The minimum absolute atomic E-state index is 0.458. The summed E-state index contributed by atoms with van der Waals surface area (Å²) in [5, 5.41) is 0. The van der Waals surface area contributed by atoms with E-state index in [1.807, 2.05) is 0 Å². The van der Waals surface area contributed by atoms with E-state index in [-0.39, 0.29) is 0 Å². The third-order valence-corrected chi connectivity index (χ3v) is 0.977. The SMILES string of the molecule is C#CC(C)(C)C(N)=O. The van der Waals surface area contributed by atoms with E-state index in [4.69, 9.17) is 12.2 Å². The fourth-order valence-electron chi connectivity index (χ4n) is 0.0711. The Labute approximate surface area is 49.1 Å². The summed E-state index contributed by atoms with van der Waals surface area (Å²) in [7, 11) is 0. The first-order valence-electron chi connectivity index (χ1n) is 2.28. The van der Waals surface area contributed by atoms with Crippen molar-refractivity contribution in [2.45, 2.75) is 13.8 Å². The van der Waals surface area contributed by atoms with Gasteiger partial charge in [0.1, 0.15) is 5.41 Å². The van der Waals surface area contributed by atoms with Crippen LogP contribution in [0, 0.1) is 17.8 Å². The van der Waals surface area contributed by atoms with Gasteiger partial charge in [-0.05, 0) is 13.8 Å². The third-order valence-electron chi connectivity index (χ3n) is 0.977. The number of hydrogen-bond acceptors (Lipinski definition) is 1. The average Bonchev–Trinajstić information content (AvgIpc) is 1.67. The van der Waals surface area contributed by atoms with Gasteiger partial charge in [0.25, 0.3) is 0 Å². The first-order valence-corrected chi connectivity index (χ1v) is 2.28. The van der Waals surface area contributed by atoms with Crippen molar-refractivity contribution >= 4 is 5.91 Å². The van der Waals surface area contributed by atoms with Crippen molar-refractivity contribution in [3.63, 3.8) is 0 Å². The third kappa shape index (κ3) is 1.27. The number of rotatable bonds is 1. The van der Waals surface area contributed by atoms with Crippen LogP contribution >= 0.6 is 0 Å². The number of primary amides is 1. The molecule has 0 spiro atoms. The van der Waals surface area contributed by atoms with Crippen LogP contribution in [0.1, 0.15) is 13.8 Å². The molecular formula is C6H9NO. The van der Waals surface area contributed by atoms with Crippen molar-refractivity contribution in [1.82, 2.24) is 0 Å². The van der Waals surface area contributed by atoms with Gasteiger partial charge in [-0.2, -0.15) is 0 Å². The van der Waals surface area contributed by atoms with Crippen LogP contribution in [-0.2, 0) is 4.79 Å². The Hall–Kier alpha value is -0.970. The Morgan fingerprint density at radius 2 is 2.12 bits per heavy atom. The quantitative estimate of drug-likeness (QED) is 0.480. The van der Waals surface area contributed by atoms with E-state index < -0.39 is 11.3 Å². The minimum Gasteiger partial charge on any atom is -0.368 e. The highest BCUT2D eigenvalue weighted by Crippen LogP contribution is 2.09. The zero-order valence-electron chi connectivity index (χ0n) is 5.06. The Morgan fingerprint density at radius 1 is 1.75 bits per heavy atom. The van der Waals surface area contributed by atoms with Crippen molar-refractivity contribution in [3.05, 3.63) is 0 Å². The Morgan fingerprint density at radius 3 is 2.12 bits per heavy atom. The molecule has 0 fully saturated rings. The largest absolute Gasteiger partial charge is 0.368 e. The maximum Gasteiger partial charge on any atom is 0.235 e. The molecule has 0 aliphatic heterocycles. The number of carbonyl (C=O) groups excluding carboxylic acids is 1. The van der Waals surface area contributed by atoms with E-state index in [1.54, 1.807) is 13.8 Å². The smallest absolute Gasteiger partial charge is 0.235 e. The molecule has 0 radical (unpaired) electrons. The number of amides is 1. The maximum absolute atomic E-state index is 10.3. The molecule has 44 valence electrons. The lowest BCUT2D eigenvalue weighted by molar-refractivity contribution is -0.123. The lowest BCUT2D eigenvalue weighted by Gasteiger charge is -2.09. The number of nitrogens with two attached hydrogens (primary N) is 1. The normalized spacial score (nSPS) is 10.1. The van der Waals surface area contributed by atoms with Crippen LogP contribution < -0.4 is 5.73 Å². The second-order valence-corrected chi connectivity index (χ2v) is 2.13. The van der Waals surface area contributed by atoms with Crippen LogP contribution in [0.3, 0.4) is 0 Å². The molecule has 0 aromatic heterocycles. The predicted octanol–water partition coefficient (Wildman–Crippen LogP) is 0.131. The average molecular weight is 111 g/mol. The summed E-state index contributed by atoms with van der Waals surface area (Å²) in [5.41, 5.74) is 4.11. The van der Waals surface area contributed by atoms with Gasteiger partial charge in [0.2, 0.25) is 5.91 Å². The summed E-state index contributed by atoms with van der Waals surface area (Å²) in [6, 6.07) is 0. The molecule has 0 aliphatic carbocycles. The molecule has 2 heteroatoms. The minimum atomic E-state index is -0.792. The van der Waals surface area contributed by atoms with Crippen LogP contribution in [0.2, 0.25) is 0 Å². The molecule has 0 saturated carbocycles. The summed E-state index contributed by atoms with van der Waals surface area (Å²) in [4.78, 5) is 10.3. The second kappa shape index (κ2) is 1.87. The lowest BCUT2D eigenvalue weighted by Crippen LogP contribution is -2.29. The fraction of sp³-hybridized carbons (Fsp3) is 0.500. The topological polar surface area (TPSA) is 43.1 Å². The molecule has 2 nitrogen and oxygen atoms in total. The highest BCUT2D eigenvalue weighted by Gasteiger charge is 2.20. The molecule has 0 bridgehead atoms. The molecule has 0 unspecified atom stereocenters. The van der Waals surface area contributed by atoms with Crippen molar-refractivity contribution in [3.8, 4) is 12.3 Å². The molecule has 1 amide bonds. The van der Waals surface area contributed by atoms with Gasteiger partial charge >= 0.3 is 0 Å². The molecular weight excluding hydrogens is 102 g/mol. The molecule has 8 heavy (non-hydrogen) atoms. The van der Waals surface area contributed by atoms with Crippen LogP contribution in [-0.4, -0.2) is 5.91 Å². The van der Waals surface area contributed by atoms with Gasteiger partial charge in [-0.25, -0.2) is 0 Å². The predicted molar refractivity (Wildman–Crippen MR) is 31.8 cm³/mol. The molecule has 2 N–H and O–H groups in total. The summed E-state index contributed by atoms with van der Waals surface area (Å²) in [5.74, 6) is 1.81. The van der Waals surface area contributed by atoms with E-state index in [0.29, 0.717) is 0 Å². The molecule has 0 aromatic rings. The molecule has 0 aliphatic rings. The van der Waals surface area contributed by atoms with Gasteiger partial charge < -0.3 is 5.73 Å². The first-order chi connectivity index (χ1) is 3.50. The van der Waals surface area contributed by atoms with E-state index in [0.717, 1.165) is 0 Å². The van der Waals surface area contributed by atoms with E-state index >= 15 is 0 Å². The molecule has 0 saturated heterocycles. The summed E-state index contributed by atoms with van der Waals surface area (Å²) < 4.78 is 0. The van der Waals surface area contributed by atoms with Crippen molar-refractivity contribution in [1.29, 1.82) is 0 Å². The number of terminal acetylenes is 1. The van der Waals surface area contributed by atoms with E-state index in [2.05, 4.69) is 5.92 Å². The van der Waals surface area contributed by atoms with Gasteiger partial charge in [-0.1, -0.05) is 5.92 Å². The van der Waals surface area contributed by atoms with Crippen LogP contribution in [0.25, 0.3) is 0 Å². The summed E-state index contributed by atoms with van der Waals surface area (Å²) in [6.45, 7) is 3.21. The van der Waals surface area contributed by atoms with Crippen LogP contribution in [0.15, 0.2) is 0 Å². The highest BCUT2D eigenvalue weighted by molar-refractivity contribution is 5.83. The summed E-state index contributed by atoms with van der Waals surface area (Å²) >= 11 is 0. The standard InChI is InChI=1S/C6H9NO/c1-4-6(2,3)5(7)8/h1H,2-3H3,(H2,7,8). The summed E-state index contributed by atoms with van der Waals surface area (Å²) in [6.07, 6.45) is 4.96. The van der Waals surface area contributed by atoms with Gasteiger partial charge in [0.05, 0.1) is 0 Å². The van der Waals surface area contributed by atoms with Gasteiger partial charge in [-0.3, -0.25) is 4.79 Å². The number of hydrogen-bond donors (Lipinski definition) is 1. The Bertz CT molecular complexity index is 141. The zero-order valence-corrected chi connectivity index (χ0v) is 5.06. The Balaban J connectivity index is 4.19. The van der Waals surface area contributed by atoms with Crippen molar-refractivity contribution in [2.75, 3.05) is 0 Å². The number of carbonyl (C=O) groups is 1. The monoisotopic (exact) mass is 111 g/mol. The lowest BCUT2D eigenvalue weighted by atomic mass is 9.95. The molecule has 0 rings (SSSR count). The van der Waals surface area contributed by atoms with E-state index in [1.165, 1.54) is 0 Å². The van der Waals surface area contributed by atoms with Gasteiger partial charge in [0.15, 0.2) is 0 Å². The van der Waals surface area contributed by atoms with Gasteiger partial charge in [-0.15, -0.1) is 6.42 Å². The Kier molecular flexibility index (Phi) is 1.64. The van der Waals surface area contributed by atoms with Crippen LogP contribution in [0.5, 0.6) is 0 Å². The van der Waals surface area contributed by atoms with Crippen LogP contribution in [0.4, 0.5) is 0 Å². The van der Waals surface area contributed by atoms with Gasteiger partial charge in [0, 0.05) is 0 Å². The highest BCUT2D eigenvalue weighted by atomic mass is 16.1. The first kappa shape index (κ1) is 7.03.